The molecule has 20 heavy (non-hydrogen) atoms. The Morgan fingerprint density at radius 3 is 2.60 bits per heavy atom. The maximum Gasteiger partial charge on any atom is 0.304 e. The van der Waals surface area contributed by atoms with Gasteiger partial charge in [-0.15, -0.1) is 0 Å². The van der Waals surface area contributed by atoms with E-state index in [2.05, 4.69) is 0 Å². The van der Waals surface area contributed by atoms with Crippen molar-refractivity contribution in [2.45, 2.75) is 24.3 Å². The van der Waals surface area contributed by atoms with E-state index >= 15 is 0 Å². The molecule has 1 N–H and O–H groups in total. The number of carbonyl (C=O) groups is 1. The second kappa shape index (κ2) is 6.19. The van der Waals surface area contributed by atoms with Gasteiger partial charge in [0.15, 0.2) is 9.84 Å². The number of hydrogen-bond acceptors (Lipinski definition) is 5. The van der Waals surface area contributed by atoms with Crippen LogP contribution in [-0.2, 0) is 20.4 Å². The zero-order chi connectivity index (χ0) is 15.5. The molecule has 7 nitrogen and oxygen atoms in total. The molecular weight excluding hydrogens is 310 g/mol. The Bertz CT molecular complexity index is 642. The number of benzene rings is 1. The molecule has 1 aromatic carbocycles. The van der Waals surface area contributed by atoms with E-state index in [9.17, 15) is 23.3 Å². The summed E-state index contributed by atoms with van der Waals surface area (Å²) in [6.07, 6.45) is -0.552. The van der Waals surface area contributed by atoms with Crippen LogP contribution in [0, 0.1) is 10.1 Å². The van der Waals surface area contributed by atoms with E-state index in [-0.39, 0.29) is 10.6 Å². The molecule has 0 heterocycles. The van der Waals surface area contributed by atoms with Crippen LogP contribution >= 0.6 is 11.6 Å². The van der Waals surface area contributed by atoms with Gasteiger partial charge in [0.1, 0.15) is 0 Å². The molecule has 0 radical (unpaired) electrons. The summed E-state index contributed by atoms with van der Waals surface area (Å²) in [5.41, 5.74) is -0.416. The van der Waals surface area contributed by atoms with E-state index in [1.165, 1.54) is 19.1 Å². The van der Waals surface area contributed by atoms with Crippen LogP contribution in [0.1, 0.15) is 18.9 Å². The Morgan fingerprint density at radius 1 is 1.50 bits per heavy atom. The Balaban J connectivity index is 3.09. The Kier molecular flexibility index (Phi) is 5.07. The fourth-order valence-corrected chi connectivity index (χ4v) is 3.09. The molecule has 0 spiro atoms. The third-order valence-corrected chi connectivity index (χ3v) is 5.02. The number of nitro groups is 1. The molecule has 0 aliphatic carbocycles. The van der Waals surface area contributed by atoms with Crippen molar-refractivity contribution in [2.24, 2.45) is 0 Å². The van der Waals surface area contributed by atoms with Crippen molar-refractivity contribution >= 4 is 33.1 Å². The first-order valence-electron chi connectivity index (χ1n) is 5.49. The minimum absolute atomic E-state index is 0.0170. The smallest absolute Gasteiger partial charge is 0.304 e. The van der Waals surface area contributed by atoms with Crippen molar-refractivity contribution in [2.75, 3.05) is 0 Å². The van der Waals surface area contributed by atoms with Gasteiger partial charge in [-0.3, -0.25) is 14.9 Å². The van der Waals surface area contributed by atoms with Crippen molar-refractivity contribution in [1.82, 2.24) is 0 Å². The molecule has 110 valence electrons. The molecule has 1 unspecified atom stereocenters. The molecule has 9 heteroatoms. The molecule has 0 saturated heterocycles. The molecule has 0 fully saturated rings. The Morgan fingerprint density at radius 2 is 2.10 bits per heavy atom. The van der Waals surface area contributed by atoms with Crippen LogP contribution in [0.5, 0.6) is 0 Å². The summed E-state index contributed by atoms with van der Waals surface area (Å²) in [5, 5.41) is 18.5. The highest BCUT2D eigenvalue weighted by atomic mass is 35.5. The van der Waals surface area contributed by atoms with E-state index in [1.807, 2.05) is 0 Å². The van der Waals surface area contributed by atoms with Gasteiger partial charge in [0.25, 0.3) is 5.69 Å². The SMILES string of the molecule is CC(CC(=O)O)S(=O)(=O)Cc1ccc(Cl)cc1[N+](=O)[O-]. The summed E-state index contributed by atoms with van der Waals surface area (Å²) >= 11 is 5.63. The van der Waals surface area contributed by atoms with Gasteiger partial charge >= 0.3 is 5.97 Å². The summed E-state index contributed by atoms with van der Waals surface area (Å²) in [6, 6.07) is 3.67. The fourth-order valence-electron chi connectivity index (χ4n) is 1.56. The average Bonchev–Trinajstić information content (AvgIpc) is 2.30. The molecule has 0 bridgehead atoms. The minimum Gasteiger partial charge on any atom is -0.481 e. The normalized spacial score (nSPS) is 12.9. The molecular formula is C11H12ClNO6S. The van der Waals surface area contributed by atoms with Crippen molar-refractivity contribution in [1.29, 1.82) is 0 Å². The summed E-state index contributed by atoms with van der Waals surface area (Å²) < 4.78 is 24.0. The summed E-state index contributed by atoms with van der Waals surface area (Å²) in [4.78, 5) is 20.7. The minimum atomic E-state index is -3.81. The lowest BCUT2D eigenvalue weighted by atomic mass is 10.2. The van der Waals surface area contributed by atoms with Gasteiger partial charge in [0.2, 0.25) is 0 Å². The van der Waals surface area contributed by atoms with Gasteiger partial charge < -0.3 is 5.11 Å². The van der Waals surface area contributed by atoms with Gasteiger partial charge in [-0.05, 0) is 19.1 Å². The number of sulfone groups is 1. The summed E-state index contributed by atoms with van der Waals surface area (Å²) in [6.45, 7) is 1.26. The van der Waals surface area contributed by atoms with E-state index in [0.717, 1.165) is 6.07 Å². The number of nitro benzene ring substituents is 1. The number of nitrogens with zero attached hydrogens (tertiary/aromatic N) is 1. The first-order chi connectivity index (χ1) is 9.13. The lowest BCUT2D eigenvalue weighted by Crippen LogP contribution is -2.23. The standard InChI is InChI=1S/C11H12ClNO6S/c1-7(4-11(14)15)20(18,19)6-8-2-3-9(12)5-10(8)13(16)17/h2-3,5,7H,4,6H2,1H3,(H,14,15). The van der Waals surface area contributed by atoms with Crippen LogP contribution in [-0.4, -0.2) is 29.7 Å². The van der Waals surface area contributed by atoms with Gasteiger partial charge in [-0.25, -0.2) is 8.42 Å². The van der Waals surface area contributed by atoms with Crippen molar-refractivity contribution in [3.8, 4) is 0 Å². The van der Waals surface area contributed by atoms with E-state index in [0.29, 0.717) is 0 Å². The highest BCUT2D eigenvalue weighted by Gasteiger charge is 2.27. The van der Waals surface area contributed by atoms with Crippen molar-refractivity contribution in [3.63, 3.8) is 0 Å². The van der Waals surface area contributed by atoms with Crippen molar-refractivity contribution in [3.05, 3.63) is 38.9 Å². The van der Waals surface area contributed by atoms with Gasteiger partial charge in [-0.2, -0.15) is 0 Å². The van der Waals surface area contributed by atoms with Crippen LogP contribution in [0.3, 0.4) is 0 Å². The van der Waals surface area contributed by atoms with Gasteiger partial charge in [0.05, 0.1) is 22.3 Å². The van der Waals surface area contributed by atoms with E-state index in [4.69, 9.17) is 16.7 Å². The molecule has 0 saturated carbocycles. The largest absolute Gasteiger partial charge is 0.481 e. The van der Waals surface area contributed by atoms with Crippen LogP contribution in [0.4, 0.5) is 5.69 Å². The third-order valence-electron chi connectivity index (χ3n) is 2.68. The maximum atomic E-state index is 12.0. The molecule has 0 amide bonds. The predicted octanol–water partition coefficient (Wildman–Crippen LogP) is 2.03. The van der Waals surface area contributed by atoms with Crippen molar-refractivity contribution < 1.29 is 23.2 Å². The Labute approximate surface area is 120 Å². The number of halogens is 1. The summed E-state index contributed by atoms with van der Waals surface area (Å²) in [5.74, 6) is -1.85. The molecule has 1 aromatic rings. The number of hydrogen-bond donors (Lipinski definition) is 1. The quantitative estimate of drug-likeness (QED) is 0.633. The lowest BCUT2D eigenvalue weighted by molar-refractivity contribution is -0.385. The first-order valence-corrected chi connectivity index (χ1v) is 7.59. The third kappa shape index (κ3) is 4.17. The Hall–Kier alpha value is -1.67. The fraction of sp³-hybridized carbons (Fsp3) is 0.364. The predicted molar refractivity (Wildman–Crippen MR) is 72.4 cm³/mol. The molecule has 0 aliphatic rings. The topological polar surface area (TPSA) is 115 Å². The number of aliphatic carboxylic acids is 1. The van der Waals surface area contributed by atoms with E-state index < -0.39 is 43.8 Å². The number of carboxylic acids is 1. The monoisotopic (exact) mass is 321 g/mol. The highest BCUT2D eigenvalue weighted by Crippen LogP contribution is 2.26. The lowest BCUT2D eigenvalue weighted by Gasteiger charge is -2.11. The number of rotatable bonds is 6. The van der Waals surface area contributed by atoms with Crippen LogP contribution in [0.15, 0.2) is 18.2 Å². The molecule has 0 aliphatic heterocycles. The van der Waals surface area contributed by atoms with E-state index in [1.54, 1.807) is 0 Å². The second-order valence-electron chi connectivity index (χ2n) is 4.25. The maximum absolute atomic E-state index is 12.0. The van der Waals surface area contributed by atoms with Crippen LogP contribution in [0.25, 0.3) is 0 Å². The first kappa shape index (κ1) is 16.4. The molecule has 0 aromatic heterocycles. The molecule has 1 atom stereocenters. The van der Waals surface area contributed by atoms with Gasteiger partial charge in [0, 0.05) is 16.7 Å². The number of carboxylic acid groups (broad SMARTS) is 1. The van der Waals surface area contributed by atoms with Crippen LogP contribution < -0.4 is 0 Å². The second-order valence-corrected chi connectivity index (χ2v) is 7.10. The average molecular weight is 322 g/mol. The highest BCUT2D eigenvalue weighted by molar-refractivity contribution is 7.91. The zero-order valence-corrected chi connectivity index (χ0v) is 12.0. The summed E-state index contributed by atoms with van der Waals surface area (Å²) in [7, 11) is -3.81. The van der Waals surface area contributed by atoms with Crippen LogP contribution in [0.2, 0.25) is 5.02 Å². The molecule has 1 rings (SSSR count). The zero-order valence-electron chi connectivity index (χ0n) is 10.4. The van der Waals surface area contributed by atoms with Gasteiger partial charge in [-0.1, -0.05) is 11.6 Å².